The van der Waals surface area contributed by atoms with Crippen LogP contribution in [-0.2, 0) is 13.1 Å². The number of hydrogen-bond acceptors (Lipinski definition) is 4. The van der Waals surface area contributed by atoms with Gasteiger partial charge in [0, 0.05) is 31.8 Å². The van der Waals surface area contributed by atoms with Gasteiger partial charge in [-0.05, 0) is 23.3 Å². The summed E-state index contributed by atoms with van der Waals surface area (Å²) in [5.41, 5.74) is 1.97. The Kier molecular flexibility index (Phi) is 6.46. The fourth-order valence-electron chi connectivity index (χ4n) is 2.40. The number of nitro benzene ring substituents is 1. The maximum Gasteiger partial charge on any atom is 0.318 e. The first kappa shape index (κ1) is 18.7. The van der Waals surface area contributed by atoms with Gasteiger partial charge in [-0.15, -0.1) is 6.58 Å². The number of hydrogen-bond donors (Lipinski definition) is 1. The number of nitrogens with one attached hydrogen (secondary N) is 1. The number of benzene rings is 2. The van der Waals surface area contributed by atoms with E-state index in [1.807, 2.05) is 6.07 Å². The van der Waals surface area contributed by atoms with Crippen molar-refractivity contribution in [2.24, 2.45) is 0 Å². The first-order chi connectivity index (χ1) is 12.5. The average Bonchev–Trinajstić information content (AvgIpc) is 2.66. The summed E-state index contributed by atoms with van der Waals surface area (Å²) < 4.78 is 0. The van der Waals surface area contributed by atoms with Crippen LogP contribution in [0.3, 0.4) is 0 Å². The molecule has 132 valence electrons. The van der Waals surface area contributed by atoms with Crippen molar-refractivity contribution in [1.29, 1.82) is 5.26 Å². The van der Waals surface area contributed by atoms with Gasteiger partial charge in [0.25, 0.3) is 5.69 Å². The molecule has 0 aromatic heterocycles. The van der Waals surface area contributed by atoms with Crippen LogP contribution in [0.25, 0.3) is 0 Å². The van der Waals surface area contributed by atoms with Gasteiger partial charge in [-0.25, -0.2) is 4.79 Å². The van der Waals surface area contributed by atoms with E-state index in [2.05, 4.69) is 18.0 Å². The Hall–Kier alpha value is -3.66. The van der Waals surface area contributed by atoms with Crippen LogP contribution in [0.5, 0.6) is 0 Å². The van der Waals surface area contributed by atoms with Crippen molar-refractivity contribution in [3.63, 3.8) is 0 Å². The lowest BCUT2D eigenvalue weighted by Crippen LogP contribution is -2.39. The van der Waals surface area contributed by atoms with Crippen LogP contribution in [0.15, 0.2) is 61.2 Å². The molecular weight excluding hydrogens is 332 g/mol. The Morgan fingerprint density at radius 3 is 2.69 bits per heavy atom. The molecule has 2 rings (SSSR count). The zero-order valence-electron chi connectivity index (χ0n) is 14.1. The highest BCUT2D eigenvalue weighted by molar-refractivity contribution is 5.74. The van der Waals surface area contributed by atoms with Crippen LogP contribution >= 0.6 is 0 Å². The summed E-state index contributed by atoms with van der Waals surface area (Å²) in [6.45, 7) is 4.48. The van der Waals surface area contributed by atoms with Crippen LogP contribution in [0.4, 0.5) is 10.5 Å². The van der Waals surface area contributed by atoms with E-state index >= 15 is 0 Å². The molecule has 0 saturated carbocycles. The number of nitrogens with zero attached hydrogens (tertiary/aromatic N) is 3. The van der Waals surface area contributed by atoms with Crippen LogP contribution in [0.2, 0.25) is 0 Å². The first-order valence-corrected chi connectivity index (χ1v) is 7.89. The van der Waals surface area contributed by atoms with Crippen LogP contribution < -0.4 is 5.32 Å². The molecule has 1 N–H and O–H groups in total. The third kappa shape index (κ3) is 5.18. The summed E-state index contributed by atoms with van der Waals surface area (Å²) in [5.74, 6) is 0. The number of amides is 2. The Morgan fingerprint density at radius 2 is 2.00 bits per heavy atom. The number of non-ortho nitro benzene ring substituents is 1. The molecule has 7 heteroatoms. The van der Waals surface area contributed by atoms with Gasteiger partial charge in [0.15, 0.2) is 0 Å². The Balaban J connectivity index is 2.03. The third-order valence-corrected chi connectivity index (χ3v) is 3.63. The molecule has 0 heterocycles. The predicted octanol–water partition coefficient (Wildman–Crippen LogP) is 3.36. The minimum atomic E-state index is -0.475. The highest BCUT2D eigenvalue weighted by Gasteiger charge is 2.13. The highest BCUT2D eigenvalue weighted by atomic mass is 16.6. The quantitative estimate of drug-likeness (QED) is 0.470. The maximum atomic E-state index is 12.5. The molecule has 0 aliphatic heterocycles. The van der Waals surface area contributed by atoms with Crippen LogP contribution in [0.1, 0.15) is 16.7 Å². The van der Waals surface area contributed by atoms with E-state index in [1.54, 1.807) is 41.3 Å². The molecule has 0 saturated heterocycles. The number of nitriles is 1. The lowest BCUT2D eigenvalue weighted by atomic mass is 10.1. The van der Waals surface area contributed by atoms with Crippen molar-refractivity contribution < 1.29 is 9.72 Å². The predicted molar refractivity (Wildman–Crippen MR) is 97.1 cm³/mol. The molecule has 0 radical (unpaired) electrons. The molecule has 0 atom stereocenters. The number of rotatable bonds is 7. The van der Waals surface area contributed by atoms with E-state index in [9.17, 15) is 14.9 Å². The summed E-state index contributed by atoms with van der Waals surface area (Å²) in [5, 5.41) is 22.5. The summed E-state index contributed by atoms with van der Waals surface area (Å²) in [4.78, 5) is 24.3. The van der Waals surface area contributed by atoms with Crippen molar-refractivity contribution in [3.05, 3.63) is 88.0 Å². The molecule has 2 aromatic rings. The van der Waals surface area contributed by atoms with Crippen molar-refractivity contribution in [2.45, 2.75) is 13.1 Å². The third-order valence-electron chi connectivity index (χ3n) is 3.63. The van der Waals surface area contributed by atoms with Crippen molar-refractivity contribution in [3.8, 4) is 6.07 Å². The fourth-order valence-corrected chi connectivity index (χ4v) is 2.40. The molecule has 0 fully saturated rings. The second kappa shape index (κ2) is 8.99. The first-order valence-electron chi connectivity index (χ1n) is 7.89. The number of carbonyl (C=O) groups is 1. The topological polar surface area (TPSA) is 99.3 Å². The lowest BCUT2D eigenvalue weighted by Gasteiger charge is -2.22. The Bertz CT molecular complexity index is 858. The van der Waals surface area contributed by atoms with Crippen molar-refractivity contribution in [1.82, 2.24) is 10.2 Å². The standard InChI is InChI=1S/C19H18N4O3/c1-2-9-22(14-17-7-3-5-15(10-17)12-20)19(24)21-13-16-6-4-8-18(11-16)23(25)26/h2-8,10-11H,1,9,13-14H2,(H,21,24). The van der Waals surface area contributed by atoms with E-state index < -0.39 is 4.92 Å². The summed E-state index contributed by atoms with van der Waals surface area (Å²) >= 11 is 0. The summed E-state index contributed by atoms with van der Waals surface area (Å²) in [6, 6.07) is 14.9. The Labute approximate surface area is 151 Å². The number of urea groups is 1. The van der Waals surface area contributed by atoms with Gasteiger partial charge >= 0.3 is 6.03 Å². The average molecular weight is 350 g/mol. The molecule has 26 heavy (non-hydrogen) atoms. The SMILES string of the molecule is C=CCN(Cc1cccc(C#N)c1)C(=O)NCc1cccc([N+](=O)[O-])c1. The van der Waals surface area contributed by atoms with Gasteiger partial charge in [-0.1, -0.05) is 30.3 Å². The Morgan fingerprint density at radius 1 is 1.27 bits per heavy atom. The van der Waals surface area contributed by atoms with Crippen LogP contribution in [-0.4, -0.2) is 22.4 Å². The van der Waals surface area contributed by atoms with Gasteiger partial charge in [-0.2, -0.15) is 5.26 Å². The lowest BCUT2D eigenvalue weighted by molar-refractivity contribution is -0.384. The van der Waals surface area contributed by atoms with Crippen molar-refractivity contribution >= 4 is 11.7 Å². The summed E-state index contributed by atoms with van der Waals surface area (Å²) in [7, 11) is 0. The second-order valence-electron chi connectivity index (χ2n) is 5.57. The zero-order chi connectivity index (χ0) is 18.9. The number of carbonyl (C=O) groups excluding carboxylic acids is 1. The normalized spacial score (nSPS) is 9.81. The van der Waals surface area contributed by atoms with E-state index in [-0.39, 0.29) is 18.3 Å². The zero-order valence-corrected chi connectivity index (χ0v) is 14.1. The van der Waals surface area contributed by atoms with Gasteiger partial charge in [0.2, 0.25) is 0 Å². The van der Waals surface area contributed by atoms with Crippen molar-refractivity contribution in [2.75, 3.05) is 6.54 Å². The van der Waals surface area contributed by atoms with E-state index in [0.717, 1.165) is 5.56 Å². The van der Waals surface area contributed by atoms with E-state index in [4.69, 9.17) is 5.26 Å². The minimum Gasteiger partial charge on any atom is -0.334 e. The van der Waals surface area contributed by atoms with Gasteiger partial charge < -0.3 is 10.2 Å². The van der Waals surface area contributed by atoms with E-state index in [1.165, 1.54) is 12.1 Å². The molecule has 0 aliphatic carbocycles. The molecule has 0 spiro atoms. The van der Waals surface area contributed by atoms with Gasteiger partial charge in [0.05, 0.1) is 16.6 Å². The number of nitro groups is 1. The van der Waals surface area contributed by atoms with Gasteiger partial charge in [0.1, 0.15) is 0 Å². The highest BCUT2D eigenvalue weighted by Crippen LogP contribution is 2.13. The molecule has 2 amide bonds. The molecule has 0 aliphatic rings. The maximum absolute atomic E-state index is 12.5. The van der Waals surface area contributed by atoms with Gasteiger partial charge in [-0.3, -0.25) is 10.1 Å². The summed E-state index contributed by atoms with van der Waals surface area (Å²) in [6.07, 6.45) is 1.61. The second-order valence-corrected chi connectivity index (χ2v) is 5.57. The van der Waals surface area contributed by atoms with E-state index in [0.29, 0.717) is 24.2 Å². The monoisotopic (exact) mass is 350 g/mol. The fraction of sp³-hybridized carbons (Fsp3) is 0.158. The largest absolute Gasteiger partial charge is 0.334 e. The molecule has 7 nitrogen and oxygen atoms in total. The van der Waals surface area contributed by atoms with Crippen LogP contribution in [0, 0.1) is 21.4 Å². The molecule has 2 aromatic carbocycles. The molecular formula is C19H18N4O3. The minimum absolute atomic E-state index is 0.0204. The smallest absolute Gasteiger partial charge is 0.318 e. The molecule has 0 unspecified atom stereocenters. The molecule has 0 bridgehead atoms.